The topological polar surface area (TPSA) is 87.5 Å². The molecule has 102 valence electrons. The predicted molar refractivity (Wildman–Crippen MR) is 72.4 cm³/mol. The van der Waals surface area contributed by atoms with Crippen molar-refractivity contribution in [1.82, 2.24) is 10.2 Å². The highest BCUT2D eigenvalue weighted by Crippen LogP contribution is 2.09. The van der Waals surface area contributed by atoms with Crippen molar-refractivity contribution < 1.29 is 9.59 Å². The molecule has 1 aromatic carbocycles. The van der Waals surface area contributed by atoms with Crippen molar-refractivity contribution in [2.45, 2.75) is 6.54 Å². The number of piperazine rings is 1. The van der Waals surface area contributed by atoms with Crippen molar-refractivity contribution in [3.8, 4) is 0 Å². The minimum Gasteiger partial charge on any atom is -0.354 e. The van der Waals surface area contributed by atoms with Gasteiger partial charge in [0.15, 0.2) is 0 Å². The molecule has 0 spiro atoms. The highest BCUT2D eigenvalue weighted by molar-refractivity contribution is 5.92. The summed E-state index contributed by atoms with van der Waals surface area (Å²) >= 11 is 0. The van der Waals surface area contributed by atoms with Gasteiger partial charge in [0, 0.05) is 25.3 Å². The Kier molecular flexibility index (Phi) is 4.48. The number of benzene rings is 1. The van der Waals surface area contributed by atoms with E-state index in [-0.39, 0.29) is 24.9 Å². The average molecular weight is 262 g/mol. The van der Waals surface area contributed by atoms with E-state index in [0.717, 1.165) is 11.3 Å². The first-order chi connectivity index (χ1) is 9.17. The van der Waals surface area contributed by atoms with Crippen molar-refractivity contribution in [3.05, 3.63) is 29.8 Å². The second-order valence-corrected chi connectivity index (χ2v) is 4.51. The monoisotopic (exact) mass is 262 g/mol. The van der Waals surface area contributed by atoms with Crippen molar-refractivity contribution >= 4 is 17.5 Å². The molecule has 4 N–H and O–H groups in total. The molecule has 1 heterocycles. The lowest BCUT2D eigenvalue weighted by Gasteiger charge is -2.25. The van der Waals surface area contributed by atoms with Crippen molar-refractivity contribution in [2.75, 3.05) is 31.5 Å². The van der Waals surface area contributed by atoms with Gasteiger partial charge in [-0.25, -0.2) is 0 Å². The Bertz CT molecular complexity index is 458. The smallest absolute Gasteiger partial charge is 0.238 e. The van der Waals surface area contributed by atoms with Crippen molar-refractivity contribution in [1.29, 1.82) is 0 Å². The molecule has 1 fully saturated rings. The number of carbonyl (C=O) groups excluding carboxylic acids is 2. The minimum atomic E-state index is -0.116. The highest BCUT2D eigenvalue weighted by Gasteiger charge is 2.18. The molecule has 0 radical (unpaired) electrons. The van der Waals surface area contributed by atoms with E-state index in [1.54, 1.807) is 0 Å². The molecule has 1 aromatic rings. The molecule has 0 saturated carbocycles. The molecule has 0 bridgehead atoms. The van der Waals surface area contributed by atoms with Gasteiger partial charge in [-0.15, -0.1) is 0 Å². The van der Waals surface area contributed by atoms with Crippen LogP contribution in [0.2, 0.25) is 0 Å². The van der Waals surface area contributed by atoms with Crippen LogP contribution in [0.25, 0.3) is 0 Å². The third-order valence-electron chi connectivity index (χ3n) is 2.96. The summed E-state index contributed by atoms with van der Waals surface area (Å²) in [5.74, 6) is -0.151. The average Bonchev–Trinajstić information content (AvgIpc) is 2.39. The van der Waals surface area contributed by atoms with Crippen LogP contribution < -0.4 is 16.4 Å². The number of anilines is 1. The first-order valence-corrected chi connectivity index (χ1v) is 6.25. The van der Waals surface area contributed by atoms with E-state index in [4.69, 9.17) is 5.73 Å². The molecule has 19 heavy (non-hydrogen) atoms. The van der Waals surface area contributed by atoms with Gasteiger partial charge < -0.3 is 16.4 Å². The number of nitrogens with zero attached hydrogens (tertiary/aromatic N) is 1. The molecule has 6 nitrogen and oxygen atoms in total. The Labute approximate surface area is 112 Å². The number of hydrogen-bond donors (Lipinski definition) is 3. The number of carbonyl (C=O) groups is 2. The van der Waals surface area contributed by atoms with Crippen LogP contribution in [0.5, 0.6) is 0 Å². The number of rotatable bonds is 4. The summed E-state index contributed by atoms with van der Waals surface area (Å²) in [6.45, 7) is 2.28. The molecule has 0 atom stereocenters. The lowest BCUT2D eigenvalue weighted by molar-refractivity contribution is -0.125. The van der Waals surface area contributed by atoms with Gasteiger partial charge in [-0.3, -0.25) is 14.5 Å². The predicted octanol–water partition coefficient (Wildman–Crippen LogP) is -0.484. The zero-order valence-corrected chi connectivity index (χ0v) is 10.7. The van der Waals surface area contributed by atoms with Gasteiger partial charge in [-0.1, -0.05) is 12.1 Å². The van der Waals surface area contributed by atoms with Crippen molar-refractivity contribution in [2.24, 2.45) is 5.73 Å². The van der Waals surface area contributed by atoms with E-state index in [1.807, 2.05) is 29.2 Å². The fourth-order valence-electron chi connectivity index (χ4n) is 1.95. The van der Waals surface area contributed by atoms with Crippen molar-refractivity contribution in [3.63, 3.8) is 0 Å². The fourth-order valence-corrected chi connectivity index (χ4v) is 1.95. The molecule has 2 amide bonds. The molecule has 2 rings (SSSR count). The van der Waals surface area contributed by atoms with E-state index < -0.39 is 0 Å². The first-order valence-electron chi connectivity index (χ1n) is 6.25. The third-order valence-corrected chi connectivity index (χ3v) is 2.96. The Morgan fingerprint density at radius 3 is 2.74 bits per heavy atom. The second-order valence-electron chi connectivity index (χ2n) is 4.51. The van der Waals surface area contributed by atoms with E-state index in [9.17, 15) is 9.59 Å². The van der Waals surface area contributed by atoms with Crippen LogP contribution in [0.15, 0.2) is 24.3 Å². The van der Waals surface area contributed by atoms with E-state index in [0.29, 0.717) is 19.6 Å². The molecule has 1 aliphatic heterocycles. The van der Waals surface area contributed by atoms with Crippen LogP contribution in [0.4, 0.5) is 5.69 Å². The molecule has 1 saturated heterocycles. The lowest BCUT2D eigenvalue weighted by Crippen LogP contribution is -2.49. The number of nitrogens with one attached hydrogen (secondary N) is 2. The molecular formula is C13H18N4O2. The first kappa shape index (κ1) is 13.5. The molecule has 0 aliphatic carbocycles. The largest absolute Gasteiger partial charge is 0.354 e. The summed E-state index contributed by atoms with van der Waals surface area (Å²) in [4.78, 5) is 24.8. The van der Waals surface area contributed by atoms with E-state index >= 15 is 0 Å². The normalized spacial score (nSPS) is 15.9. The zero-order chi connectivity index (χ0) is 13.7. The molecular weight excluding hydrogens is 244 g/mol. The fraction of sp³-hybridized carbons (Fsp3) is 0.385. The van der Waals surface area contributed by atoms with E-state index in [1.165, 1.54) is 0 Å². The Balaban J connectivity index is 1.84. The molecule has 6 heteroatoms. The summed E-state index contributed by atoms with van der Waals surface area (Å²) in [7, 11) is 0. The summed E-state index contributed by atoms with van der Waals surface area (Å²) in [6, 6.07) is 7.40. The van der Waals surface area contributed by atoms with Crippen LogP contribution >= 0.6 is 0 Å². The van der Waals surface area contributed by atoms with Crippen LogP contribution in [-0.2, 0) is 16.1 Å². The van der Waals surface area contributed by atoms with Crippen LogP contribution in [0, 0.1) is 0 Å². The second kappa shape index (κ2) is 6.31. The Morgan fingerprint density at radius 1 is 1.37 bits per heavy atom. The highest BCUT2D eigenvalue weighted by atomic mass is 16.2. The molecule has 1 aliphatic rings. The number of nitrogens with two attached hydrogens (primary N) is 1. The van der Waals surface area contributed by atoms with Gasteiger partial charge >= 0.3 is 0 Å². The Morgan fingerprint density at radius 2 is 2.11 bits per heavy atom. The maximum atomic E-state index is 11.8. The van der Waals surface area contributed by atoms with Gasteiger partial charge in [0.1, 0.15) is 0 Å². The van der Waals surface area contributed by atoms with Crippen LogP contribution in [0.3, 0.4) is 0 Å². The summed E-state index contributed by atoms with van der Waals surface area (Å²) in [6.07, 6.45) is 0. The third kappa shape index (κ3) is 4.04. The van der Waals surface area contributed by atoms with Crippen LogP contribution in [-0.4, -0.2) is 42.9 Å². The van der Waals surface area contributed by atoms with Gasteiger partial charge in [0.2, 0.25) is 11.8 Å². The standard InChI is InChI=1S/C13H18N4O2/c14-7-10-1-3-11(4-2-10)16-13(19)9-17-6-5-15-12(18)8-17/h1-4H,5-9,14H2,(H,15,18)(H,16,19). The zero-order valence-electron chi connectivity index (χ0n) is 10.7. The van der Waals surface area contributed by atoms with E-state index in [2.05, 4.69) is 10.6 Å². The van der Waals surface area contributed by atoms with Crippen LogP contribution in [0.1, 0.15) is 5.56 Å². The maximum Gasteiger partial charge on any atom is 0.238 e. The van der Waals surface area contributed by atoms with Gasteiger partial charge in [0.25, 0.3) is 0 Å². The molecule has 0 aromatic heterocycles. The minimum absolute atomic E-state index is 0.0358. The summed E-state index contributed by atoms with van der Waals surface area (Å²) < 4.78 is 0. The molecule has 0 unspecified atom stereocenters. The quantitative estimate of drug-likeness (QED) is 0.683. The Hall–Kier alpha value is -1.92. The number of hydrogen-bond acceptors (Lipinski definition) is 4. The van der Waals surface area contributed by atoms with Gasteiger partial charge in [-0.2, -0.15) is 0 Å². The van der Waals surface area contributed by atoms with Gasteiger partial charge in [-0.05, 0) is 17.7 Å². The SMILES string of the molecule is NCc1ccc(NC(=O)CN2CCNC(=O)C2)cc1. The summed E-state index contributed by atoms with van der Waals surface area (Å²) in [5, 5.41) is 5.53. The maximum absolute atomic E-state index is 11.8. The number of amides is 2. The summed E-state index contributed by atoms with van der Waals surface area (Å²) in [5.41, 5.74) is 7.26. The lowest BCUT2D eigenvalue weighted by atomic mass is 10.2. The van der Waals surface area contributed by atoms with Gasteiger partial charge in [0.05, 0.1) is 13.1 Å².